The number of carbonyl (C=O) groups excluding carboxylic acids is 2. The maximum Gasteiger partial charge on any atom is 0.307 e. The van der Waals surface area contributed by atoms with Crippen LogP contribution in [0.25, 0.3) is 0 Å². The zero-order chi connectivity index (χ0) is 19.8. The third kappa shape index (κ3) is 5.74. The minimum atomic E-state index is -0.563. The molecule has 1 heterocycles. The molecule has 1 aromatic carbocycles. The third-order valence-corrected chi connectivity index (χ3v) is 3.73. The van der Waals surface area contributed by atoms with Crippen molar-refractivity contribution in [2.45, 2.75) is 13.3 Å². The highest BCUT2D eigenvalue weighted by Gasteiger charge is 2.23. The predicted octanol–water partition coefficient (Wildman–Crippen LogP) is 3.21. The Morgan fingerprint density at radius 3 is 2.61 bits per heavy atom. The van der Waals surface area contributed by atoms with Crippen LogP contribution in [0.2, 0.25) is 0 Å². The van der Waals surface area contributed by atoms with E-state index in [-0.39, 0.29) is 47.8 Å². The maximum absolute atomic E-state index is 13.0. The molecule has 0 aliphatic heterocycles. The number of esters is 1. The van der Waals surface area contributed by atoms with Crippen molar-refractivity contribution in [2.24, 2.45) is 0 Å². The second-order valence-corrected chi connectivity index (χ2v) is 5.44. The Bertz CT molecular complexity index is 832. The molecule has 0 bridgehead atoms. The molecular formula is C18H21BrN4O5. The van der Waals surface area contributed by atoms with Gasteiger partial charge in [-0.25, -0.2) is 4.98 Å². The monoisotopic (exact) mass is 452 g/mol. The summed E-state index contributed by atoms with van der Waals surface area (Å²) in [6.45, 7) is 1.98. The highest BCUT2D eigenvalue weighted by atomic mass is 79.9. The van der Waals surface area contributed by atoms with E-state index in [1.54, 1.807) is 32.2 Å². The van der Waals surface area contributed by atoms with E-state index in [1.807, 2.05) is 0 Å². The van der Waals surface area contributed by atoms with E-state index >= 15 is 0 Å². The van der Waals surface area contributed by atoms with Gasteiger partial charge in [-0.2, -0.15) is 0 Å². The lowest BCUT2D eigenvalue weighted by molar-refractivity contribution is -0.384. The van der Waals surface area contributed by atoms with Crippen LogP contribution in [0, 0.1) is 10.1 Å². The van der Waals surface area contributed by atoms with E-state index in [0.717, 1.165) is 0 Å². The van der Waals surface area contributed by atoms with Crippen molar-refractivity contribution in [1.29, 1.82) is 0 Å². The number of hydrogen-bond acceptors (Lipinski definition) is 7. The minimum Gasteiger partial charge on any atom is -0.466 e. The van der Waals surface area contributed by atoms with Gasteiger partial charge >= 0.3 is 5.97 Å². The lowest BCUT2D eigenvalue weighted by atomic mass is 10.1. The SMILES string of the molecule is Br.CCOC(=O)CCN(C(=O)c1ccc(NC)c([N+](=O)[O-])c1)c1ccccn1. The molecule has 1 aromatic heterocycles. The van der Waals surface area contributed by atoms with Crippen LogP contribution < -0.4 is 10.2 Å². The zero-order valence-corrected chi connectivity index (χ0v) is 17.2. The number of aromatic nitrogens is 1. The summed E-state index contributed by atoms with van der Waals surface area (Å²) in [6.07, 6.45) is 1.50. The number of amides is 1. The number of ether oxygens (including phenoxy) is 1. The molecule has 0 fully saturated rings. The molecule has 28 heavy (non-hydrogen) atoms. The highest BCUT2D eigenvalue weighted by molar-refractivity contribution is 8.93. The van der Waals surface area contributed by atoms with E-state index < -0.39 is 16.8 Å². The van der Waals surface area contributed by atoms with Crippen molar-refractivity contribution in [3.63, 3.8) is 0 Å². The fraction of sp³-hybridized carbons (Fsp3) is 0.278. The molecule has 1 N–H and O–H groups in total. The van der Waals surface area contributed by atoms with Crippen LogP contribution in [0.3, 0.4) is 0 Å². The first-order valence-electron chi connectivity index (χ1n) is 8.32. The topological polar surface area (TPSA) is 115 Å². The van der Waals surface area contributed by atoms with Crippen LogP contribution in [-0.4, -0.2) is 42.0 Å². The number of nitro groups is 1. The third-order valence-electron chi connectivity index (χ3n) is 3.73. The van der Waals surface area contributed by atoms with Gasteiger partial charge in [-0.15, -0.1) is 17.0 Å². The number of hydrogen-bond donors (Lipinski definition) is 1. The Labute approximate surface area is 172 Å². The summed E-state index contributed by atoms with van der Waals surface area (Å²) < 4.78 is 4.90. The normalized spacial score (nSPS) is 9.79. The summed E-state index contributed by atoms with van der Waals surface area (Å²) in [4.78, 5) is 40.8. The van der Waals surface area contributed by atoms with Crippen LogP contribution >= 0.6 is 17.0 Å². The summed E-state index contributed by atoms with van der Waals surface area (Å²) in [6, 6.07) is 9.19. The number of rotatable bonds is 8. The molecular weight excluding hydrogens is 432 g/mol. The molecule has 0 spiro atoms. The lowest BCUT2D eigenvalue weighted by Gasteiger charge is -2.21. The number of nitro benzene ring substituents is 1. The number of carbonyl (C=O) groups is 2. The summed E-state index contributed by atoms with van der Waals surface area (Å²) in [5.41, 5.74) is 0.206. The Morgan fingerprint density at radius 1 is 1.29 bits per heavy atom. The van der Waals surface area contributed by atoms with Gasteiger partial charge in [0.05, 0.1) is 18.0 Å². The van der Waals surface area contributed by atoms with Crippen molar-refractivity contribution in [3.05, 3.63) is 58.3 Å². The average Bonchev–Trinajstić information content (AvgIpc) is 2.68. The Hall–Kier alpha value is -3.01. The molecule has 2 rings (SSSR count). The second kappa shape index (κ2) is 11.0. The molecule has 0 atom stereocenters. The maximum atomic E-state index is 13.0. The number of halogens is 1. The summed E-state index contributed by atoms with van der Waals surface area (Å²) in [5, 5.41) is 14.0. The standard InChI is InChI=1S/C18H20N4O5.BrH/c1-3-27-17(23)9-11-21(16-6-4-5-10-20-16)18(24)13-7-8-14(19-2)15(12-13)22(25)26;/h4-8,10,12,19H,3,9,11H2,1-2H3;1H. The van der Waals surface area contributed by atoms with E-state index in [4.69, 9.17) is 4.74 Å². The average molecular weight is 453 g/mol. The van der Waals surface area contributed by atoms with Crippen molar-refractivity contribution in [3.8, 4) is 0 Å². The van der Waals surface area contributed by atoms with Gasteiger partial charge < -0.3 is 10.1 Å². The number of nitrogens with one attached hydrogen (secondary N) is 1. The molecule has 9 nitrogen and oxygen atoms in total. The van der Waals surface area contributed by atoms with Gasteiger partial charge in [0.2, 0.25) is 0 Å². The first-order chi connectivity index (χ1) is 13.0. The van der Waals surface area contributed by atoms with Crippen LogP contribution in [-0.2, 0) is 9.53 Å². The first-order valence-corrected chi connectivity index (χ1v) is 8.32. The molecule has 0 radical (unpaired) electrons. The lowest BCUT2D eigenvalue weighted by Crippen LogP contribution is -2.34. The van der Waals surface area contributed by atoms with Crippen LogP contribution in [0.5, 0.6) is 0 Å². The molecule has 10 heteroatoms. The fourth-order valence-electron chi connectivity index (χ4n) is 2.45. The largest absolute Gasteiger partial charge is 0.466 e. The molecule has 0 saturated heterocycles. The van der Waals surface area contributed by atoms with Gasteiger partial charge in [0.1, 0.15) is 11.5 Å². The highest BCUT2D eigenvalue weighted by Crippen LogP contribution is 2.26. The Balaban J connectivity index is 0.00000392. The van der Waals surface area contributed by atoms with Gasteiger partial charge in [0, 0.05) is 31.4 Å². The van der Waals surface area contributed by atoms with Crippen LogP contribution in [0.4, 0.5) is 17.2 Å². The van der Waals surface area contributed by atoms with Gasteiger partial charge in [0.25, 0.3) is 11.6 Å². The smallest absolute Gasteiger partial charge is 0.307 e. The van der Waals surface area contributed by atoms with Crippen molar-refractivity contribution >= 4 is 46.1 Å². The van der Waals surface area contributed by atoms with Crippen molar-refractivity contribution < 1.29 is 19.2 Å². The molecule has 150 valence electrons. The van der Waals surface area contributed by atoms with Crippen molar-refractivity contribution in [2.75, 3.05) is 30.4 Å². The minimum absolute atomic E-state index is 0. The molecule has 1 amide bonds. The van der Waals surface area contributed by atoms with E-state index in [1.165, 1.54) is 29.3 Å². The van der Waals surface area contributed by atoms with Gasteiger partial charge in [-0.05, 0) is 31.2 Å². The van der Waals surface area contributed by atoms with Crippen LogP contribution in [0.1, 0.15) is 23.7 Å². The summed E-state index contributed by atoms with van der Waals surface area (Å²) >= 11 is 0. The van der Waals surface area contributed by atoms with E-state index in [2.05, 4.69) is 10.3 Å². The van der Waals surface area contributed by atoms with Gasteiger partial charge in [-0.1, -0.05) is 6.07 Å². The molecule has 0 saturated carbocycles. The predicted molar refractivity (Wildman–Crippen MR) is 110 cm³/mol. The summed E-state index contributed by atoms with van der Waals surface area (Å²) in [7, 11) is 1.56. The number of benzene rings is 1. The van der Waals surface area contributed by atoms with Crippen LogP contribution in [0.15, 0.2) is 42.6 Å². The van der Waals surface area contributed by atoms with Gasteiger partial charge in [-0.3, -0.25) is 24.6 Å². The van der Waals surface area contributed by atoms with E-state index in [0.29, 0.717) is 11.5 Å². The Morgan fingerprint density at radius 2 is 2.04 bits per heavy atom. The number of anilines is 2. The summed E-state index contributed by atoms with van der Waals surface area (Å²) in [5.74, 6) is -0.598. The van der Waals surface area contributed by atoms with Gasteiger partial charge in [0.15, 0.2) is 0 Å². The quantitative estimate of drug-likeness (QED) is 0.371. The van der Waals surface area contributed by atoms with E-state index in [9.17, 15) is 19.7 Å². The molecule has 0 aliphatic rings. The van der Waals surface area contributed by atoms with Crippen molar-refractivity contribution in [1.82, 2.24) is 4.98 Å². The number of nitrogens with zero attached hydrogens (tertiary/aromatic N) is 3. The second-order valence-electron chi connectivity index (χ2n) is 5.44. The number of pyridine rings is 1. The Kier molecular flexibility index (Phi) is 9.03. The first kappa shape index (κ1) is 23.0. The molecule has 0 unspecified atom stereocenters. The molecule has 2 aromatic rings. The zero-order valence-electron chi connectivity index (χ0n) is 15.5. The fourth-order valence-corrected chi connectivity index (χ4v) is 2.45. The molecule has 0 aliphatic carbocycles.